The first-order valence-electron chi connectivity index (χ1n) is 9.31. The van der Waals surface area contributed by atoms with Gasteiger partial charge in [0.15, 0.2) is 17.8 Å². The average Bonchev–Trinajstić information content (AvgIpc) is 2.68. The van der Waals surface area contributed by atoms with E-state index in [2.05, 4.69) is 5.32 Å². The summed E-state index contributed by atoms with van der Waals surface area (Å²) in [5, 5.41) is 3.17. The molecule has 0 saturated heterocycles. The second kappa shape index (κ2) is 7.09. The lowest BCUT2D eigenvalue weighted by molar-refractivity contribution is -0.121. The predicted octanol–water partition coefficient (Wildman–Crippen LogP) is 3.41. The molecular weight excluding hydrogens is 372 g/mol. The molecule has 7 nitrogen and oxygen atoms in total. The zero-order valence-electron chi connectivity index (χ0n) is 16.4. The van der Waals surface area contributed by atoms with Crippen molar-refractivity contribution in [3.8, 4) is 5.75 Å². The second-order valence-corrected chi connectivity index (χ2v) is 7.00. The molecule has 0 saturated carbocycles. The van der Waals surface area contributed by atoms with Gasteiger partial charge in [-0.25, -0.2) is 0 Å². The Morgan fingerprint density at radius 3 is 2.69 bits per heavy atom. The minimum Gasteiger partial charge on any atom is -0.482 e. The molecule has 148 valence electrons. The van der Waals surface area contributed by atoms with Crippen LogP contribution in [-0.2, 0) is 4.79 Å². The molecule has 0 radical (unpaired) electrons. The summed E-state index contributed by atoms with van der Waals surface area (Å²) >= 11 is 0. The number of carbonyl (C=O) groups is 2. The number of carbonyl (C=O) groups excluding carboxylic acids is 2. The van der Waals surface area contributed by atoms with Crippen LogP contribution in [0.1, 0.15) is 28.6 Å². The van der Waals surface area contributed by atoms with Gasteiger partial charge < -0.3 is 19.4 Å². The van der Waals surface area contributed by atoms with Gasteiger partial charge >= 0.3 is 0 Å². The van der Waals surface area contributed by atoms with E-state index in [4.69, 9.17) is 9.15 Å². The van der Waals surface area contributed by atoms with Crippen molar-refractivity contribution in [2.75, 3.05) is 23.4 Å². The number of nitrogens with one attached hydrogen (secondary N) is 1. The standard InChI is InChI=1S/C22H20N2O5/c1-4-24-16-9-14(5-6-18(16)28-11-20(24)26)23-22(27)19-10-17(25)15-8-12(2)7-13(3)21(15)29-19/h5-10H,4,11H2,1-3H3,(H,23,27). The summed E-state index contributed by atoms with van der Waals surface area (Å²) in [5.41, 5.74) is 2.92. The number of hydrogen-bond donors (Lipinski definition) is 1. The van der Waals surface area contributed by atoms with Gasteiger partial charge in [0.2, 0.25) is 0 Å². The van der Waals surface area contributed by atoms with Crippen LogP contribution >= 0.6 is 0 Å². The van der Waals surface area contributed by atoms with Gasteiger partial charge in [-0.3, -0.25) is 14.4 Å². The Kier molecular flexibility index (Phi) is 4.58. The fourth-order valence-electron chi connectivity index (χ4n) is 3.54. The number of rotatable bonds is 3. The summed E-state index contributed by atoms with van der Waals surface area (Å²) < 4.78 is 11.2. The van der Waals surface area contributed by atoms with Gasteiger partial charge in [-0.15, -0.1) is 0 Å². The average molecular weight is 392 g/mol. The summed E-state index contributed by atoms with van der Waals surface area (Å²) in [6, 6.07) is 9.88. The molecule has 2 heterocycles. The second-order valence-electron chi connectivity index (χ2n) is 7.00. The molecule has 2 aromatic carbocycles. The Morgan fingerprint density at radius 1 is 1.14 bits per heavy atom. The highest BCUT2D eigenvalue weighted by molar-refractivity contribution is 6.04. The molecule has 0 fully saturated rings. The van der Waals surface area contributed by atoms with Crippen molar-refractivity contribution in [1.82, 2.24) is 0 Å². The van der Waals surface area contributed by atoms with Crippen molar-refractivity contribution in [1.29, 1.82) is 0 Å². The van der Waals surface area contributed by atoms with Crippen LogP contribution < -0.4 is 20.4 Å². The summed E-state index contributed by atoms with van der Waals surface area (Å²) in [4.78, 5) is 38.8. The van der Waals surface area contributed by atoms with Crippen LogP contribution in [0.2, 0.25) is 0 Å². The lowest BCUT2D eigenvalue weighted by Crippen LogP contribution is -2.38. The fourth-order valence-corrected chi connectivity index (χ4v) is 3.54. The van der Waals surface area contributed by atoms with Crippen LogP contribution in [-0.4, -0.2) is 25.0 Å². The van der Waals surface area contributed by atoms with Crippen molar-refractivity contribution in [2.45, 2.75) is 20.8 Å². The Balaban J connectivity index is 1.68. The third-order valence-corrected chi connectivity index (χ3v) is 4.86. The number of fused-ring (bicyclic) bond motifs is 2. The van der Waals surface area contributed by atoms with Crippen LogP contribution in [0.4, 0.5) is 11.4 Å². The molecule has 0 atom stereocenters. The van der Waals surface area contributed by atoms with Crippen molar-refractivity contribution >= 4 is 34.2 Å². The normalized spacial score (nSPS) is 13.2. The molecule has 0 aliphatic carbocycles. The molecule has 1 N–H and O–H groups in total. The molecule has 1 aliphatic heterocycles. The van der Waals surface area contributed by atoms with E-state index in [1.807, 2.05) is 26.8 Å². The maximum atomic E-state index is 12.7. The maximum Gasteiger partial charge on any atom is 0.291 e. The Morgan fingerprint density at radius 2 is 1.93 bits per heavy atom. The first kappa shape index (κ1) is 18.7. The first-order valence-corrected chi connectivity index (χ1v) is 9.31. The fraction of sp³-hybridized carbons (Fsp3) is 0.227. The number of nitrogens with zero attached hydrogens (tertiary/aromatic N) is 1. The van der Waals surface area contributed by atoms with E-state index >= 15 is 0 Å². The molecule has 2 amide bonds. The van der Waals surface area contributed by atoms with E-state index in [-0.39, 0.29) is 23.7 Å². The third kappa shape index (κ3) is 3.35. The molecule has 3 aromatic rings. The van der Waals surface area contributed by atoms with Crippen LogP contribution in [0.3, 0.4) is 0 Å². The van der Waals surface area contributed by atoms with E-state index in [1.54, 1.807) is 29.2 Å². The molecule has 7 heteroatoms. The largest absolute Gasteiger partial charge is 0.482 e. The summed E-state index contributed by atoms with van der Waals surface area (Å²) in [5.74, 6) is -0.190. The molecule has 1 aliphatic rings. The van der Waals surface area contributed by atoms with Crippen LogP contribution in [0.15, 0.2) is 45.6 Å². The van der Waals surface area contributed by atoms with Gasteiger partial charge in [-0.1, -0.05) is 6.07 Å². The van der Waals surface area contributed by atoms with Crippen molar-refractivity contribution in [2.24, 2.45) is 0 Å². The van der Waals surface area contributed by atoms with Crippen molar-refractivity contribution in [3.63, 3.8) is 0 Å². The van der Waals surface area contributed by atoms with Crippen LogP contribution in [0.5, 0.6) is 5.75 Å². The number of benzene rings is 2. The molecule has 0 bridgehead atoms. The van der Waals surface area contributed by atoms with E-state index < -0.39 is 5.91 Å². The van der Waals surface area contributed by atoms with E-state index in [0.29, 0.717) is 34.6 Å². The highest BCUT2D eigenvalue weighted by Crippen LogP contribution is 2.34. The SMILES string of the molecule is CCN1C(=O)COc2ccc(NC(=O)c3cc(=O)c4cc(C)cc(C)c4o3)cc21. The topological polar surface area (TPSA) is 88.9 Å². The zero-order chi connectivity index (χ0) is 20.7. The highest BCUT2D eigenvalue weighted by atomic mass is 16.5. The molecular formula is C22H20N2O5. The number of hydrogen-bond acceptors (Lipinski definition) is 5. The molecule has 0 spiro atoms. The quantitative estimate of drug-likeness (QED) is 0.738. The molecule has 29 heavy (non-hydrogen) atoms. The van der Waals surface area contributed by atoms with Gasteiger partial charge in [0.1, 0.15) is 11.3 Å². The van der Waals surface area contributed by atoms with Gasteiger partial charge in [-0.05, 0) is 56.2 Å². The first-order chi connectivity index (χ1) is 13.9. The summed E-state index contributed by atoms with van der Waals surface area (Å²) in [6.07, 6.45) is 0. The number of amides is 2. The summed E-state index contributed by atoms with van der Waals surface area (Å²) in [6.45, 7) is 6.08. The van der Waals surface area contributed by atoms with Gasteiger partial charge in [0.25, 0.3) is 11.8 Å². The van der Waals surface area contributed by atoms with Gasteiger partial charge in [0, 0.05) is 18.3 Å². The summed E-state index contributed by atoms with van der Waals surface area (Å²) in [7, 11) is 0. The van der Waals surface area contributed by atoms with E-state index in [1.165, 1.54) is 6.07 Å². The Labute approximate surface area is 166 Å². The highest BCUT2D eigenvalue weighted by Gasteiger charge is 2.25. The smallest absolute Gasteiger partial charge is 0.291 e. The van der Waals surface area contributed by atoms with E-state index in [0.717, 1.165) is 11.1 Å². The maximum absolute atomic E-state index is 12.7. The lowest BCUT2D eigenvalue weighted by Gasteiger charge is -2.28. The number of likely N-dealkylation sites (N-methyl/N-ethyl adjacent to an activating group) is 1. The monoisotopic (exact) mass is 392 g/mol. The Hall–Kier alpha value is -3.61. The molecule has 4 rings (SSSR count). The van der Waals surface area contributed by atoms with Crippen LogP contribution in [0.25, 0.3) is 11.0 Å². The minimum absolute atomic E-state index is 0.00633. The van der Waals surface area contributed by atoms with E-state index in [9.17, 15) is 14.4 Å². The van der Waals surface area contributed by atoms with Gasteiger partial charge in [0.05, 0.1) is 11.1 Å². The predicted molar refractivity (Wildman–Crippen MR) is 110 cm³/mol. The number of ether oxygens (including phenoxy) is 1. The number of anilines is 2. The minimum atomic E-state index is -0.546. The van der Waals surface area contributed by atoms with Crippen LogP contribution in [0, 0.1) is 13.8 Å². The molecule has 1 aromatic heterocycles. The van der Waals surface area contributed by atoms with Crippen molar-refractivity contribution < 1.29 is 18.7 Å². The van der Waals surface area contributed by atoms with Gasteiger partial charge in [-0.2, -0.15) is 0 Å². The van der Waals surface area contributed by atoms with Crippen molar-refractivity contribution in [3.05, 3.63) is 63.5 Å². The zero-order valence-corrected chi connectivity index (χ0v) is 16.4. The Bertz CT molecular complexity index is 1210. The third-order valence-electron chi connectivity index (χ3n) is 4.86. The lowest BCUT2D eigenvalue weighted by atomic mass is 10.1. The number of aryl methyl sites for hydroxylation is 2. The molecule has 0 unspecified atom stereocenters.